The SMILES string of the molecule is COCCOCCc1ccc(OCC(O)CNCCNC(=O)N2CCC(O)CC2)cc1. The molecule has 0 saturated carbocycles. The summed E-state index contributed by atoms with van der Waals surface area (Å²) in [4.78, 5) is 13.7. The average Bonchev–Trinajstić information content (AvgIpc) is 2.78. The van der Waals surface area contributed by atoms with E-state index in [0.29, 0.717) is 71.1 Å². The molecule has 2 amide bonds. The van der Waals surface area contributed by atoms with Crippen LogP contribution in [0.1, 0.15) is 18.4 Å². The summed E-state index contributed by atoms with van der Waals surface area (Å²) >= 11 is 0. The molecule has 1 aromatic rings. The van der Waals surface area contributed by atoms with Gasteiger partial charge in [-0.2, -0.15) is 0 Å². The molecule has 1 aliphatic rings. The Kier molecular flexibility index (Phi) is 12.3. The fraction of sp³-hybridized carbons (Fsp3) is 0.682. The number of benzene rings is 1. The number of methoxy groups -OCH3 is 1. The number of ether oxygens (including phenoxy) is 3. The van der Waals surface area contributed by atoms with E-state index in [1.165, 1.54) is 0 Å². The predicted octanol–water partition coefficient (Wildman–Crippen LogP) is 0.388. The van der Waals surface area contributed by atoms with E-state index in [1.807, 2.05) is 24.3 Å². The molecule has 0 aromatic heterocycles. The largest absolute Gasteiger partial charge is 0.491 e. The molecule has 1 aliphatic heterocycles. The summed E-state index contributed by atoms with van der Waals surface area (Å²) in [6.07, 6.45) is 1.15. The maximum atomic E-state index is 12.0. The minimum absolute atomic E-state index is 0.109. The molecule has 9 nitrogen and oxygen atoms in total. The predicted molar refractivity (Wildman–Crippen MR) is 117 cm³/mol. The molecule has 1 heterocycles. The number of aliphatic hydroxyl groups excluding tert-OH is 2. The normalized spacial score (nSPS) is 15.6. The first-order chi connectivity index (χ1) is 15.1. The third-order valence-electron chi connectivity index (χ3n) is 5.04. The Bertz CT molecular complexity index is 608. The summed E-state index contributed by atoms with van der Waals surface area (Å²) < 4.78 is 16.0. The van der Waals surface area contributed by atoms with Gasteiger partial charge in [0.05, 0.1) is 25.9 Å². The van der Waals surface area contributed by atoms with Gasteiger partial charge in [-0.1, -0.05) is 12.1 Å². The van der Waals surface area contributed by atoms with E-state index in [0.717, 1.165) is 12.0 Å². The second kappa shape index (κ2) is 15.0. The lowest BCUT2D eigenvalue weighted by Gasteiger charge is -2.29. The molecule has 1 fully saturated rings. The highest BCUT2D eigenvalue weighted by molar-refractivity contribution is 5.74. The lowest BCUT2D eigenvalue weighted by atomic mass is 10.1. The number of urea groups is 1. The zero-order valence-corrected chi connectivity index (χ0v) is 18.4. The van der Waals surface area contributed by atoms with Crippen molar-refractivity contribution in [3.8, 4) is 5.75 Å². The lowest BCUT2D eigenvalue weighted by Crippen LogP contribution is -2.47. The molecule has 1 unspecified atom stereocenters. The molecule has 2 rings (SSSR count). The van der Waals surface area contributed by atoms with Crippen LogP contribution in [0.5, 0.6) is 5.75 Å². The molecule has 0 aliphatic carbocycles. The average molecular weight is 440 g/mol. The van der Waals surface area contributed by atoms with Gasteiger partial charge in [-0.3, -0.25) is 0 Å². The van der Waals surface area contributed by atoms with Gasteiger partial charge in [0.2, 0.25) is 0 Å². The number of likely N-dealkylation sites (tertiary alicyclic amines) is 1. The number of rotatable bonds is 14. The maximum Gasteiger partial charge on any atom is 0.317 e. The zero-order chi connectivity index (χ0) is 22.3. The van der Waals surface area contributed by atoms with E-state index in [1.54, 1.807) is 12.0 Å². The van der Waals surface area contributed by atoms with Crippen LogP contribution in [0, 0.1) is 0 Å². The van der Waals surface area contributed by atoms with Crippen LogP contribution in [0.3, 0.4) is 0 Å². The maximum absolute atomic E-state index is 12.0. The van der Waals surface area contributed by atoms with E-state index in [4.69, 9.17) is 14.2 Å². The third kappa shape index (κ3) is 10.8. The molecule has 4 N–H and O–H groups in total. The highest BCUT2D eigenvalue weighted by Gasteiger charge is 2.20. The molecule has 0 radical (unpaired) electrons. The standard InChI is InChI=1S/C22H37N3O6/c1-29-14-15-30-13-8-18-2-4-21(5-3-18)31-17-20(27)16-23-9-10-24-22(28)25-11-6-19(26)7-12-25/h2-5,19-20,23,26-27H,6-17H2,1H3,(H,24,28). The number of hydrogen-bond donors (Lipinski definition) is 4. The molecule has 0 bridgehead atoms. The molecular weight excluding hydrogens is 402 g/mol. The van der Waals surface area contributed by atoms with Crippen LogP contribution in [0.2, 0.25) is 0 Å². The minimum atomic E-state index is -0.645. The summed E-state index contributed by atoms with van der Waals surface area (Å²) in [6.45, 7) is 4.61. The number of amides is 2. The number of nitrogens with one attached hydrogen (secondary N) is 2. The van der Waals surface area contributed by atoms with Crippen molar-refractivity contribution in [1.82, 2.24) is 15.5 Å². The van der Waals surface area contributed by atoms with Crippen molar-refractivity contribution in [2.24, 2.45) is 0 Å². The highest BCUT2D eigenvalue weighted by Crippen LogP contribution is 2.13. The Morgan fingerprint density at radius 2 is 1.90 bits per heavy atom. The van der Waals surface area contributed by atoms with Gasteiger partial charge < -0.3 is 40.0 Å². The van der Waals surface area contributed by atoms with Crippen LogP contribution >= 0.6 is 0 Å². The second-order valence-electron chi connectivity index (χ2n) is 7.62. The van der Waals surface area contributed by atoms with Crippen LogP contribution in [0.15, 0.2) is 24.3 Å². The summed E-state index contributed by atoms with van der Waals surface area (Å²) in [5, 5.41) is 25.5. The van der Waals surface area contributed by atoms with Crippen LogP contribution in [0.25, 0.3) is 0 Å². The molecule has 1 saturated heterocycles. The summed E-state index contributed by atoms with van der Waals surface area (Å²) in [5.41, 5.74) is 1.16. The Labute approximate surface area is 184 Å². The third-order valence-corrected chi connectivity index (χ3v) is 5.04. The number of hydrogen-bond acceptors (Lipinski definition) is 7. The van der Waals surface area contributed by atoms with E-state index < -0.39 is 6.10 Å². The zero-order valence-electron chi connectivity index (χ0n) is 18.4. The van der Waals surface area contributed by atoms with Gasteiger partial charge in [0.15, 0.2) is 0 Å². The molecule has 31 heavy (non-hydrogen) atoms. The van der Waals surface area contributed by atoms with E-state index in [-0.39, 0.29) is 18.7 Å². The fourth-order valence-corrected chi connectivity index (χ4v) is 3.15. The van der Waals surface area contributed by atoms with Gasteiger partial charge in [0.25, 0.3) is 0 Å². The summed E-state index contributed by atoms with van der Waals surface area (Å²) in [7, 11) is 1.65. The van der Waals surface area contributed by atoms with Crippen molar-refractivity contribution >= 4 is 6.03 Å². The number of carbonyl (C=O) groups excluding carboxylic acids is 1. The first-order valence-electron chi connectivity index (χ1n) is 11.0. The van der Waals surface area contributed by atoms with Crippen LogP contribution in [-0.2, 0) is 15.9 Å². The van der Waals surface area contributed by atoms with E-state index in [9.17, 15) is 15.0 Å². The van der Waals surface area contributed by atoms with Gasteiger partial charge >= 0.3 is 6.03 Å². The quantitative estimate of drug-likeness (QED) is 0.310. The molecule has 0 spiro atoms. The van der Waals surface area contributed by atoms with Gasteiger partial charge in [0, 0.05) is 39.8 Å². The van der Waals surface area contributed by atoms with Crippen molar-refractivity contribution in [2.45, 2.75) is 31.5 Å². The second-order valence-corrected chi connectivity index (χ2v) is 7.62. The smallest absolute Gasteiger partial charge is 0.317 e. The Morgan fingerprint density at radius 1 is 1.16 bits per heavy atom. The van der Waals surface area contributed by atoms with Gasteiger partial charge in [-0.15, -0.1) is 0 Å². The van der Waals surface area contributed by atoms with Gasteiger partial charge in [-0.25, -0.2) is 4.79 Å². The monoisotopic (exact) mass is 439 g/mol. The Morgan fingerprint density at radius 3 is 2.61 bits per heavy atom. The number of piperidine rings is 1. The van der Waals surface area contributed by atoms with Crippen molar-refractivity contribution in [2.75, 3.05) is 66.3 Å². The lowest BCUT2D eigenvalue weighted by molar-refractivity contribution is 0.0722. The molecule has 1 aromatic carbocycles. The number of carbonyl (C=O) groups is 1. The highest BCUT2D eigenvalue weighted by atomic mass is 16.5. The number of nitrogens with zero attached hydrogens (tertiary/aromatic N) is 1. The van der Waals surface area contributed by atoms with E-state index >= 15 is 0 Å². The molecule has 9 heteroatoms. The van der Waals surface area contributed by atoms with Crippen molar-refractivity contribution in [3.63, 3.8) is 0 Å². The van der Waals surface area contributed by atoms with Crippen molar-refractivity contribution in [3.05, 3.63) is 29.8 Å². The molecule has 176 valence electrons. The summed E-state index contributed by atoms with van der Waals surface area (Å²) in [5.74, 6) is 0.710. The summed E-state index contributed by atoms with van der Waals surface area (Å²) in [6, 6.07) is 7.65. The Balaban J connectivity index is 1.50. The van der Waals surface area contributed by atoms with Crippen LogP contribution in [-0.4, -0.2) is 99.6 Å². The molecule has 1 atom stereocenters. The minimum Gasteiger partial charge on any atom is -0.491 e. The van der Waals surface area contributed by atoms with Crippen LogP contribution < -0.4 is 15.4 Å². The molecular formula is C22H37N3O6. The van der Waals surface area contributed by atoms with Crippen LogP contribution in [0.4, 0.5) is 4.79 Å². The first-order valence-corrected chi connectivity index (χ1v) is 11.0. The van der Waals surface area contributed by atoms with Crippen molar-refractivity contribution < 1.29 is 29.2 Å². The fourth-order valence-electron chi connectivity index (χ4n) is 3.15. The van der Waals surface area contributed by atoms with Gasteiger partial charge in [-0.05, 0) is 37.0 Å². The number of aliphatic hydroxyl groups is 2. The Hall–Kier alpha value is -1.91. The van der Waals surface area contributed by atoms with Crippen molar-refractivity contribution in [1.29, 1.82) is 0 Å². The topological polar surface area (TPSA) is 113 Å². The van der Waals surface area contributed by atoms with E-state index in [2.05, 4.69) is 10.6 Å². The first kappa shape index (κ1) is 25.4. The van der Waals surface area contributed by atoms with Gasteiger partial charge in [0.1, 0.15) is 18.5 Å².